The highest BCUT2D eigenvalue weighted by Crippen LogP contribution is 2.37. The van der Waals surface area contributed by atoms with Crippen LogP contribution in [-0.2, 0) is 0 Å². The lowest BCUT2D eigenvalue weighted by atomic mass is 10.2. The van der Waals surface area contributed by atoms with Crippen molar-refractivity contribution in [2.75, 3.05) is 11.9 Å². The topological polar surface area (TPSA) is 21.3 Å². The third-order valence-corrected chi connectivity index (χ3v) is 7.77. The van der Waals surface area contributed by atoms with Crippen molar-refractivity contribution < 1.29 is 4.43 Å². The van der Waals surface area contributed by atoms with Gasteiger partial charge in [0.2, 0.25) is 8.32 Å². The first kappa shape index (κ1) is 14.1. The van der Waals surface area contributed by atoms with E-state index in [4.69, 9.17) is 4.43 Å². The number of anilines is 1. The van der Waals surface area contributed by atoms with E-state index in [1.54, 1.807) is 0 Å². The molecule has 0 radical (unpaired) electrons. The molecule has 96 valence electrons. The van der Waals surface area contributed by atoms with Gasteiger partial charge in [0.05, 0.1) is 0 Å². The number of benzene rings is 1. The second kappa shape index (κ2) is 5.13. The molecule has 1 N–H and O–H groups in total. The van der Waals surface area contributed by atoms with E-state index in [0.29, 0.717) is 0 Å². The molecule has 0 heterocycles. The quantitative estimate of drug-likeness (QED) is 0.795. The average Bonchev–Trinajstić information content (AvgIpc) is 2.19. The maximum Gasteiger partial charge on any atom is 0.250 e. The Morgan fingerprint density at radius 3 is 2.06 bits per heavy atom. The second-order valence-electron chi connectivity index (χ2n) is 5.92. The lowest BCUT2D eigenvalue weighted by Crippen LogP contribution is -2.43. The van der Waals surface area contributed by atoms with Crippen molar-refractivity contribution in [1.29, 1.82) is 0 Å². The summed E-state index contributed by atoms with van der Waals surface area (Å²) in [5.41, 5.74) is 1.15. The Bertz CT molecular complexity index is 351. The molecule has 1 aromatic carbocycles. The van der Waals surface area contributed by atoms with Crippen molar-refractivity contribution in [2.24, 2.45) is 0 Å². The molecule has 0 fully saturated rings. The molecule has 0 aliphatic rings. The molecule has 0 saturated carbocycles. The van der Waals surface area contributed by atoms with Crippen LogP contribution in [-0.4, -0.2) is 14.9 Å². The van der Waals surface area contributed by atoms with Crippen molar-refractivity contribution in [1.82, 2.24) is 0 Å². The Morgan fingerprint density at radius 1 is 1.12 bits per heavy atom. The molecule has 0 unspecified atom stereocenters. The second-order valence-corrected chi connectivity index (χ2v) is 10.6. The highest BCUT2D eigenvalue weighted by Gasteiger charge is 2.38. The maximum atomic E-state index is 6.21. The predicted octanol–water partition coefficient (Wildman–Crippen LogP) is 4.50. The Hall–Kier alpha value is -0.963. The van der Waals surface area contributed by atoms with Gasteiger partial charge in [0.1, 0.15) is 5.75 Å². The minimum atomic E-state index is -1.70. The van der Waals surface area contributed by atoms with E-state index in [1.165, 1.54) is 0 Å². The Morgan fingerprint density at radius 2 is 1.65 bits per heavy atom. The smallest absolute Gasteiger partial charge is 0.250 e. The van der Waals surface area contributed by atoms with Crippen LogP contribution in [0.15, 0.2) is 24.3 Å². The van der Waals surface area contributed by atoms with E-state index < -0.39 is 8.32 Å². The van der Waals surface area contributed by atoms with Crippen molar-refractivity contribution in [3.8, 4) is 5.75 Å². The van der Waals surface area contributed by atoms with Gasteiger partial charge in [0.15, 0.2) is 0 Å². The number of hydrogen-bond donors (Lipinski definition) is 1. The summed E-state index contributed by atoms with van der Waals surface area (Å²) in [5, 5.41) is 3.53. The van der Waals surface area contributed by atoms with Crippen molar-refractivity contribution in [2.45, 2.75) is 45.8 Å². The summed E-state index contributed by atoms with van der Waals surface area (Å²) in [7, 11) is -1.70. The maximum absolute atomic E-state index is 6.21. The lowest BCUT2D eigenvalue weighted by Gasteiger charge is -2.36. The minimum Gasteiger partial charge on any atom is -0.544 e. The summed E-state index contributed by atoms with van der Waals surface area (Å²) < 4.78 is 6.21. The Labute approximate surface area is 107 Å². The summed E-state index contributed by atoms with van der Waals surface area (Å²) in [4.78, 5) is 0. The van der Waals surface area contributed by atoms with E-state index in [0.717, 1.165) is 18.0 Å². The third-order valence-electron chi connectivity index (χ3n) is 3.41. The van der Waals surface area contributed by atoms with Gasteiger partial charge in [-0.05, 0) is 49.3 Å². The van der Waals surface area contributed by atoms with Gasteiger partial charge >= 0.3 is 0 Å². The van der Waals surface area contributed by atoms with Gasteiger partial charge in [-0.15, -0.1) is 0 Å². The van der Waals surface area contributed by atoms with Crippen molar-refractivity contribution in [3.05, 3.63) is 24.3 Å². The van der Waals surface area contributed by atoms with Gasteiger partial charge in [-0.2, -0.15) is 0 Å². The van der Waals surface area contributed by atoms with Crippen LogP contribution in [0.3, 0.4) is 0 Å². The first-order chi connectivity index (χ1) is 7.76. The molecule has 17 heavy (non-hydrogen) atoms. The molecule has 0 bridgehead atoms. The van der Waals surface area contributed by atoms with Crippen LogP contribution in [0.25, 0.3) is 0 Å². The van der Waals surface area contributed by atoms with Gasteiger partial charge in [-0.25, -0.2) is 0 Å². The Balaban J connectivity index is 2.76. The van der Waals surface area contributed by atoms with Crippen LogP contribution in [0.4, 0.5) is 5.69 Å². The van der Waals surface area contributed by atoms with E-state index in [9.17, 15) is 0 Å². The molecule has 0 aliphatic carbocycles. The SMILES string of the molecule is CCNc1ccc(O[Si](C)(C)C(C)(C)C)cc1. The van der Waals surface area contributed by atoms with E-state index in [-0.39, 0.29) is 5.04 Å². The van der Waals surface area contributed by atoms with Crippen LogP contribution in [0.2, 0.25) is 18.1 Å². The van der Waals surface area contributed by atoms with Gasteiger partial charge in [-0.1, -0.05) is 20.8 Å². The lowest BCUT2D eigenvalue weighted by molar-refractivity contribution is 0.492. The molecule has 0 amide bonds. The van der Waals surface area contributed by atoms with Crippen LogP contribution >= 0.6 is 0 Å². The molecular weight excluding hydrogens is 226 g/mol. The zero-order valence-electron chi connectivity index (χ0n) is 11.9. The molecule has 0 spiro atoms. The fourth-order valence-electron chi connectivity index (χ4n) is 1.29. The summed E-state index contributed by atoms with van der Waals surface area (Å²) in [6.07, 6.45) is 0. The van der Waals surface area contributed by atoms with Crippen LogP contribution < -0.4 is 9.74 Å². The van der Waals surface area contributed by atoms with E-state index in [1.807, 2.05) is 0 Å². The molecule has 0 aromatic heterocycles. The molecule has 0 saturated heterocycles. The molecule has 2 nitrogen and oxygen atoms in total. The molecule has 0 atom stereocenters. The standard InChI is InChI=1S/C14H25NOSi/c1-7-15-12-8-10-13(11-9-12)16-17(5,6)14(2,3)4/h8-11,15H,7H2,1-6H3. The van der Waals surface area contributed by atoms with Crippen molar-refractivity contribution in [3.63, 3.8) is 0 Å². The van der Waals surface area contributed by atoms with Gasteiger partial charge < -0.3 is 9.74 Å². The van der Waals surface area contributed by atoms with Crippen LogP contribution in [0.1, 0.15) is 27.7 Å². The highest BCUT2D eigenvalue weighted by molar-refractivity contribution is 6.74. The summed E-state index contributed by atoms with van der Waals surface area (Å²) in [5.74, 6) is 0.984. The Kier molecular flexibility index (Phi) is 4.25. The van der Waals surface area contributed by atoms with E-state index in [2.05, 4.69) is 70.4 Å². The van der Waals surface area contributed by atoms with Crippen molar-refractivity contribution >= 4 is 14.0 Å². The molecular formula is C14H25NOSi. The number of hydrogen-bond acceptors (Lipinski definition) is 2. The average molecular weight is 251 g/mol. The van der Waals surface area contributed by atoms with Gasteiger partial charge in [-0.3, -0.25) is 0 Å². The predicted molar refractivity (Wildman–Crippen MR) is 78.4 cm³/mol. The first-order valence-electron chi connectivity index (χ1n) is 6.29. The number of nitrogens with one attached hydrogen (secondary N) is 1. The molecule has 1 aromatic rings. The zero-order chi connectivity index (χ0) is 13.1. The van der Waals surface area contributed by atoms with Gasteiger partial charge in [0.25, 0.3) is 0 Å². The largest absolute Gasteiger partial charge is 0.544 e. The highest BCUT2D eigenvalue weighted by atomic mass is 28.4. The summed E-state index contributed by atoms with van der Waals surface area (Å²) >= 11 is 0. The molecule has 1 rings (SSSR count). The monoisotopic (exact) mass is 251 g/mol. The number of rotatable bonds is 4. The molecule has 0 aliphatic heterocycles. The molecule has 3 heteroatoms. The van der Waals surface area contributed by atoms with Crippen LogP contribution in [0, 0.1) is 0 Å². The third kappa shape index (κ3) is 3.77. The summed E-state index contributed by atoms with van der Waals surface area (Å²) in [6.45, 7) is 14.4. The van der Waals surface area contributed by atoms with Gasteiger partial charge in [0, 0.05) is 12.2 Å². The fraction of sp³-hybridized carbons (Fsp3) is 0.571. The minimum absolute atomic E-state index is 0.243. The van der Waals surface area contributed by atoms with E-state index >= 15 is 0 Å². The summed E-state index contributed by atoms with van der Waals surface area (Å²) in [6, 6.07) is 8.26. The zero-order valence-corrected chi connectivity index (χ0v) is 12.9. The first-order valence-corrected chi connectivity index (χ1v) is 9.20. The van der Waals surface area contributed by atoms with Crippen LogP contribution in [0.5, 0.6) is 5.75 Å². The fourth-order valence-corrected chi connectivity index (χ4v) is 2.32. The normalized spacial score (nSPS) is 12.4.